The fourth-order valence-electron chi connectivity index (χ4n) is 3.20. The molecule has 8 heteroatoms. The highest BCUT2D eigenvalue weighted by molar-refractivity contribution is 6.30. The van der Waals surface area contributed by atoms with Crippen LogP contribution >= 0.6 is 11.6 Å². The van der Waals surface area contributed by atoms with Crippen molar-refractivity contribution in [2.75, 3.05) is 20.2 Å². The van der Waals surface area contributed by atoms with E-state index in [9.17, 15) is 14.4 Å². The molecule has 156 valence electrons. The lowest BCUT2D eigenvalue weighted by atomic mass is 9.95. The predicted octanol–water partition coefficient (Wildman–Crippen LogP) is 3.13. The van der Waals surface area contributed by atoms with E-state index in [0.717, 1.165) is 5.56 Å². The van der Waals surface area contributed by atoms with E-state index in [1.165, 1.54) is 13.3 Å². The van der Waals surface area contributed by atoms with Crippen LogP contribution in [0.25, 0.3) is 0 Å². The van der Waals surface area contributed by atoms with Crippen LogP contribution in [0.5, 0.6) is 0 Å². The lowest BCUT2D eigenvalue weighted by molar-refractivity contribution is -0.126. The quantitative estimate of drug-likeness (QED) is 0.451. The van der Waals surface area contributed by atoms with E-state index in [1.807, 2.05) is 0 Å². The molecule has 30 heavy (non-hydrogen) atoms. The van der Waals surface area contributed by atoms with Gasteiger partial charge in [-0.15, -0.1) is 0 Å². The van der Waals surface area contributed by atoms with Crippen molar-refractivity contribution in [3.63, 3.8) is 0 Å². The average Bonchev–Trinajstić information content (AvgIpc) is 2.79. The van der Waals surface area contributed by atoms with Crippen LogP contribution < -0.4 is 5.43 Å². The van der Waals surface area contributed by atoms with E-state index in [0.29, 0.717) is 42.1 Å². The van der Waals surface area contributed by atoms with Gasteiger partial charge in [-0.25, -0.2) is 10.2 Å². The third-order valence-electron chi connectivity index (χ3n) is 4.96. The summed E-state index contributed by atoms with van der Waals surface area (Å²) in [6.45, 7) is 1.02. The molecule has 2 aromatic rings. The minimum Gasteiger partial charge on any atom is -0.465 e. The van der Waals surface area contributed by atoms with E-state index in [2.05, 4.69) is 15.3 Å². The highest BCUT2D eigenvalue weighted by Gasteiger charge is 2.27. The van der Waals surface area contributed by atoms with Crippen molar-refractivity contribution in [2.24, 2.45) is 11.0 Å². The molecule has 0 radical (unpaired) electrons. The summed E-state index contributed by atoms with van der Waals surface area (Å²) in [6.07, 6.45) is 2.67. The summed E-state index contributed by atoms with van der Waals surface area (Å²) in [5, 5.41) is 4.57. The number of likely N-dealkylation sites (tertiary alicyclic amines) is 1. The van der Waals surface area contributed by atoms with Crippen molar-refractivity contribution >= 4 is 35.6 Å². The van der Waals surface area contributed by atoms with E-state index in [1.54, 1.807) is 53.4 Å². The second-order valence-corrected chi connectivity index (χ2v) is 7.36. The number of carbonyl (C=O) groups is 3. The summed E-state index contributed by atoms with van der Waals surface area (Å²) < 4.78 is 4.65. The number of piperidine rings is 1. The first-order valence-corrected chi connectivity index (χ1v) is 9.92. The number of hydrogen-bond donors (Lipinski definition) is 1. The Morgan fingerprint density at radius 1 is 1.03 bits per heavy atom. The molecule has 1 heterocycles. The number of ether oxygens (including phenoxy) is 1. The first-order valence-electron chi connectivity index (χ1n) is 9.54. The maximum absolute atomic E-state index is 12.5. The fourth-order valence-corrected chi connectivity index (χ4v) is 3.33. The molecule has 0 unspecified atom stereocenters. The number of rotatable bonds is 5. The van der Waals surface area contributed by atoms with Crippen LogP contribution in [0.2, 0.25) is 5.02 Å². The third kappa shape index (κ3) is 5.45. The number of methoxy groups -OCH3 is 1. The Kier molecular flexibility index (Phi) is 7.19. The topological polar surface area (TPSA) is 88.1 Å². The van der Waals surface area contributed by atoms with Crippen LogP contribution in [0.4, 0.5) is 0 Å². The number of esters is 1. The van der Waals surface area contributed by atoms with Crippen molar-refractivity contribution in [1.82, 2.24) is 10.3 Å². The molecule has 0 saturated carbocycles. The second-order valence-electron chi connectivity index (χ2n) is 6.92. The molecule has 2 amide bonds. The summed E-state index contributed by atoms with van der Waals surface area (Å²) in [6, 6.07) is 13.5. The van der Waals surface area contributed by atoms with Gasteiger partial charge in [0, 0.05) is 29.6 Å². The number of halogens is 1. The van der Waals surface area contributed by atoms with Crippen LogP contribution in [0, 0.1) is 5.92 Å². The summed E-state index contributed by atoms with van der Waals surface area (Å²) in [7, 11) is 1.32. The van der Waals surface area contributed by atoms with Gasteiger partial charge in [0.15, 0.2) is 0 Å². The molecule has 7 nitrogen and oxygen atoms in total. The Labute approximate surface area is 179 Å². The maximum atomic E-state index is 12.5. The Morgan fingerprint density at radius 2 is 1.63 bits per heavy atom. The fraction of sp³-hybridized carbons (Fsp3) is 0.273. The van der Waals surface area contributed by atoms with Gasteiger partial charge in [-0.05, 0) is 54.8 Å². The second kappa shape index (κ2) is 10.0. The summed E-state index contributed by atoms with van der Waals surface area (Å²) in [5.74, 6) is -0.833. The predicted molar refractivity (Wildman–Crippen MR) is 114 cm³/mol. The molecule has 3 rings (SSSR count). The van der Waals surface area contributed by atoms with E-state index in [-0.39, 0.29) is 17.7 Å². The Morgan fingerprint density at radius 3 is 2.23 bits per heavy atom. The van der Waals surface area contributed by atoms with Crippen LogP contribution in [-0.4, -0.2) is 49.1 Å². The number of hydrazone groups is 1. The lowest BCUT2D eigenvalue weighted by Crippen LogP contribution is -2.42. The van der Waals surface area contributed by atoms with E-state index < -0.39 is 5.97 Å². The number of amides is 2. The van der Waals surface area contributed by atoms with Crippen molar-refractivity contribution in [1.29, 1.82) is 0 Å². The van der Waals surface area contributed by atoms with Gasteiger partial charge in [-0.3, -0.25) is 9.59 Å². The summed E-state index contributed by atoms with van der Waals surface area (Å²) >= 11 is 5.86. The highest BCUT2D eigenvalue weighted by Crippen LogP contribution is 2.20. The molecule has 0 bridgehead atoms. The van der Waals surface area contributed by atoms with Gasteiger partial charge in [-0.2, -0.15) is 5.10 Å². The van der Waals surface area contributed by atoms with Crippen LogP contribution in [0.15, 0.2) is 53.6 Å². The lowest BCUT2D eigenvalue weighted by Gasteiger charge is -2.31. The first-order chi connectivity index (χ1) is 14.5. The highest BCUT2D eigenvalue weighted by atomic mass is 35.5. The van der Waals surface area contributed by atoms with Crippen molar-refractivity contribution in [2.45, 2.75) is 12.8 Å². The zero-order valence-corrected chi connectivity index (χ0v) is 17.3. The van der Waals surface area contributed by atoms with Gasteiger partial charge in [0.05, 0.1) is 18.9 Å². The van der Waals surface area contributed by atoms with Crippen molar-refractivity contribution in [3.8, 4) is 0 Å². The SMILES string of the molecule is COC(=O)c1ccc(/C=N\NC(=O)C2CCN(C(=O)c3ccc(Cl)cc3)CC2)cc1. The molecule has 1 aliphatic rings. The van der Waals surface area contributed by atoms with E-state index >= 15 is 0 Å². The average molecular weight is 428 g/mol. The number of carbonyl (C=O) groups excluding carboxylic acids is 3. The first kappa shape index (κ1) is 21.5. The van der Waals surface area contributed by atoms with Gasteiger partial charge in [0.1, 0.15) is 0 Å². The van der Waals surface area contributed by atoms with Gasteiger partial charge in [0.2, 0.25) is 5.91 Å². The molecule has 1 aliphatic heterocycles. The van der Waals surface area contributed by atoms with Crippen LogP contribution in [-0.2, 0) is 9.53 Å². The van der Waals surface area contributed by atoms with Gasteiger partial charge in [-0.1, -0.05) is 23.7 Å². The van der Waals surface area contributed by atoms with Gasteiger partial charge >= 0.3 is 5.97 Å². The Balaban J connectivity index is 1.47. The molecule has 0 aliphatic carbocycles. The maximum Gasteiger partial charge on any atom is 0.337 e. The van der Waals surface area contributed by atoms with Crippen molar-refractivity contribution < 1.29 is 19.1 Å². The van der Waals surface area contributed by atoms with Gasteiger partial charge in [0.25, 0.3) is 5.91 Å². The van der Waals surface area contributed by atoms with Crippen molar-refractivity contribution in [3.05, 3.63) is 70.2 Å². The molecular formula is C22H22ClN3O4. The molecule has 0 aromatic heterocycles. The van der Waals surface area contributed by atoms with Gasteiger partial charge < -0.3 is 9.64 Å². The minimum absolute atomic E-state index is 0.0565. The van der Waals surface area contributed by atoms with Crippen LogP contribution in [0.1, 0.15) is 39.1 Å². The van der Waals surface area contributed by atoms with E-state index in [4.69, 9.17) is 11.6 Å². The largest absolute Gasteiger partial charge is 0.465 e. The molecule has 1 fully saturated rings. The Bertz CT molecular complexity index is 934. The standard InChI is InChI=1S/C22H22ClN3O4/c1-30-22(29)18-4-2-15(3-5-18)14-24-25-20(27)16-10-12-26(13-11-16)21(28)17-6-8-19(23)9-7-17/h2-9,14,16H,10-13H2,1H3,(H,25,27)/b24-14-. The molecule has 0 atom stereocenters. The number of nitrogens with zero attached hydrogens (tertiary/aromatic N) is 2. The minimum atomic E-state index is -0.410. The van der Waals surface area contributed by atoms with Crippen LogP contribution in [0.3, 0.4) is 0 Å². The number of hydrogen-bond acceptors (Lipinski definition) is 5. The third-order valence-corrected chi connectivity index (χ3v) is 5.22. The number of nitrogens with one attached hydrogen (secondary N) is 1. The zero-order valence-electron chi connectivity index (χ0n) is 16.5. The molecule has 1 N–H and O–H groups in total. The summed E-state index contributed by atoms with van der Waals surface area (Å²) in [4.78, 5) is 38.1. The zero-order chi connectivity index (χ0) is 21.5. The molecular weight excluding hydrogens is 406 g/mol. The molecule has 1 saturated heterocycles. The molecule has 0 spiro atoms. The normalized spacial score (nSPS) is 14.5. The smallest absolute Gasteiger partial charge is 0.337 e. The molecule has 2 aromatic carbocycles. The number of benzene rings is 2. The summed E-state index contributed by atoms with van der Waals surface area (Å²) in [5.41, 5.74) is 4.33. The monoisotopic (exact) mass is 427 g/mol. The Hall–Kier alpha value is -3.19.